The van der Waals surface area contributed by atoms with Gasteiger partial charge in [-0.2, -0.15) is 0 Å². The first-order valence-corrected chi connectivity index (χ1v) is 8.37. The molecule has 21 heavy (non-hydrogen) atoms. The Bertz CT molecular complexity index is 599. The molecule has 1 aliphatic heterocycles. The molecule has 2 unspecified atom stereocenters. The van der Waals surface area contributed by atoms with Gasteiger partial charge in [-0.25, -0.2) is 0 Å². The summed E-state index contributed by atoms with van der Waals surface area (Å²) in [6.07, 6.45) is 2.12. The largest absolute Gasteiger partial charge is 0.493 e. The van der Waals surface area contributed by atoms with Crippen LogP contribution in [0, 0.1) is 0 Å². The number of fused-ring (bicyclic) bond motifs is 1. The fourth-order valence-corrected chi connectivity index (χ4v) is 3.48. The van der Waals surface area contributed by atoms with Crippen LogP contribution in [-0.2, 0) is 6.42 Å². The minimum atomic E-state index is 0.271. The number of aromatic nitrogens is 2. The van der Waals surface area contributed by atoms with Crippen molar-refractivity contribution in [3.63, 3.8) is 0 Å². The Kier molecular flexibility index (Phi) is 4.51. The molecule has 0 amide bonds. The lowest BCUT2D eigenvalue weighted by Gasteiger charge is -2.23. The third-order valence-corrected chi connectivity index (χ3v) is 5.02. The first-order chi connectivity index (χ1) is 10.3. The highest BCUT2D eigenvalue weighted by Crippen LogP contribution is 2.34. The Morgan fingerprint density at radius 1 is 1.38 bits per heavy atom. The SMILES string of the molecule is CCCNC(C)c1nnc(C2COc3ccccc3C2)s1. The number of hydrogen-bond acceptors (Lipinski definition) is 5. The van der Waals surface area contributed by atoms with Crippen molar-refractivity contribution >= 4 is 11.3 Å². The summed E-state index contributed by atoms with van der Waals surface area (Å²) in [6, 6.07) is 8.52. The van der Waals surface area contributed by atoms with E-state index in [1.807, 2.05) is 12.1 Å². The molecule has 2 heterocycles. The van der Waals surface area contributed by atoms with Crippen LogP contribution in [0.2, 0.25) is 0 Å². The summed E-state index contributed by atoms with van der Waals surface area (Å²) in [6.45, 7) is 6.02. The summed E-state index contributed by atoms with van der Waals surface area (Å²) in [5, 5.41) is 14.4. The van der Waals surface area contributed by atoms with Gasteiger partial charge in [-0.1, -0.05) is 36.5 Å². The third kappa shape index (κ3) is 3.24. The third-order valence-electron chi connectivity index (χ3n) is 3.76. The molecule has 1 aliphatic rings. The molecule has 1 aromatic carbocycles. The molecule has 5 heteroatoms. The minimum absolute atomic E-state index is 0.271. The molecule has 0 bridgehead atoms. The second-order valence-electron chi connectivity index (χ2n) is 5.47. The molecule has 1 N–H and O–H groups in total. The fraction of sp³-hybridized carbons (Fsp3) is 0.500. The van der Waals surface area contributed by atoms with E-state index in [0.717, 1.165) is 35.2 Å². The summed E-state index contributed by atoms with van der Waals surface area (Å²) in [5.74, 6) is 1.33. The van der Waals surface area contributed by atoms with Crippen LogP contribution in [0.4, 0.5) is 0 Å². The number of benzene rings is 1. The summed E-state index contributed by atoms with van der Waals surface area (Å²) in [5.41, 5.74) is 1.27. The van der Waals surface area contributed by atoms with Gasteiger partial charge in [-0.3, -0.25) is 0 Å². The van der Waals surface area contributed by atoms with Crippen molar-refractivity contribution in [1.29, 1.82) is 0 Å². The average Bonchev–Trinajstić information content (AvgIpc) is 3.02. The van der Waals surface area contributed by atoms with Crippen LogP contribution in [0.15, 0.2) is 24.3 Å². The normalized spacial score (nSPS) is 18.9. The number of nitrogens with zero attached hydrogens (tertiary/aromatic N) is 2. The number of rotatable bonds is 5. The predicted octanol–water partition coefficient (Wildman–Crippen LogP) is 3.32. The van der Waals surface area contributed by atoms with E-state index in [1.54, 1.807) is 11.3 Å². The first-order valence-electron chi connectivity index (χ1n) is 7.55. The monoisotopic (exact) mass is 303 g/mol. The maximum Gasteiger partial charge on any atom is 0.134 e. The minimum Gasteiger partial charge on any atom is -0.493 e. The number of para-hydroxylation sites is 1. The lowest BCUT2D eigenvalue weighted by Crippen LogP contribution is -2.19. The van der Waals surface area contributed by atoms with Crippen molar-refractivity contribution in [3.8, 4) is 5.75 Å². The van der Waals surface area contributed by atoms with Crippen molar-refractivity contribution in [3.05, 3.63) is 39.8 Å². The summed E-state index contributed by atoms with van der Waals surface area (Å²) >= 11 is 1.71. The zero-order valence-electron chi connectivity index (χ0n) is 12.5. The summed E-state index contributed by atoms with van der Waals surface area (Å²) < 4.78 is 5.85. The molecule has 0 fully saturated rings. The van der Waals surface area contributed by atoms with Gasteiger partial charge < -0.3 is 10.1 Å². The zero-order chi connectivity index (χ0) is 14.7. The molecular formula is C16H21N3OS. The predicted molar refractivity (Wildman–Crippen MR) is 85.0 cm³/mol. The van der Waals surface area contributed by atoms with Crippen molar-refractivity contribution < 1.29 is 4.74 Å². The van der Waals surface area contributed by atoms with Gasteiger partial charge in [0.25, 0.3) is 0 Å². The van der Waals surface area contributed by atoms with Gasteiger partial charge in [0.05, 0.1) is 18.6 Å². The van der Waals surface area contributed by atoms with Crippen molar-refractivity contribution in [2.75, 3.05) is 13.2 Å². The maximum absolute atomic E-state index is 5.85. The van der Waals surface area contributed by atoms with Crippen LogP contribution in [0.25, 0.3) is 0 Å². The van der Waals surface area contributed by atoms with Crippen molar-refractivity contribution in [1.82, 2.24) is 15.5 Å². The van der Waals surface area contributed by atoms with E-state index >= 15 is 0 Å². The van der Waals surface area contributed by atoms with Gasteiger partial charge in [0.15, 0.2) is 0 Å². The molecule has 112 valence electrons. The quantitative estimate of drug-likeness (QED) is 0.920. The van der Waals surface area contributed by atoms with Gasteiger partial charge in [-0.15, -0.1) is 10.2 Å². The van der Waals surface area contributed by atoms with Crippen LogP contribution in [0.5, 0.6) is 5.75 Å². The molecule has 2 aromatic rings. The second-order valence-corrected chi connectivity index (χ2v) is 6.51. The maximum atomic E-state index is 5.85. The molecule has 0 radical (unpaired) electrons. The fourth-order valence-electron chi connectivity index (χ4n) is 2.52. The molecule has 0 saturated heterocycles. The van der Waals surface area contributed by atoms with E-state index in [4.69, 9.17) is 4.74 Å². The van der Waals surface area contributed by atoms with E-state index in [-0.39, 0.29) is 6.04 Å². The van der Waals surface area contributed by atoms with Gasteiger partial charge in [0, 0.05) is 0 Å². The Morgan fingerprint density at radius 2 is 2.24 bits per heavy atom. The topological polar surface area (TPSA) is 47.0 Å². The highest BCUT2D eigenvalue weighted by molar-refractivity contribution is 7.11. The van der Waals surface area contributed by atoms with Gasteiger partial charge in [0.2, 0.25) is 0 Å². The first kappa shape index (κ1) is 14.5. The molecule has 4 nitrogen and oxygen atoms in total. The molecule has 0 spiro atoms. The number of ether oxygens (including phenoxy) is 1. The van der Waals surface area contributed by atoms with Crippen LogP contribution >= 0.6 is 11.3 Å². The van der Waals surface area contributed by atoms with Crippen LogP contribution in [0.3, 0.4) is 0 Å². The Hall–Kier alpha value is -1.46. The highest BCUT2D eigenvalue weighted by atomic mass is 32.1. The van der Waals surface area contributed by atoms with Gasteiger partial charge in [-0.05, 0) is 37.9 Å². The Balaban J connectivity index is 1.70. The van der Waals surface area contributed by atoms with Crippen molar-refractivity contribution in [2.24, 2.45) is 0 Å². The standard InChI is InChI=1S/C16H21N3OS/c1-3-8-17-11(2)15-18-19-16(21-15)13-9-12-6-4-5-7-14(12)20-10-13/h4-7,11,13,17H,3,8-10H2,1-2H3. The number of hydrogen-bond donors (Lipinski definition) is 1. The molecule has 0 aliphatic carbocycles. The number of nitrogens with one attached hydrogen (secondary N) is 1. The molecular weight excluding hydrogens is 282 g/mol. The van der Waals surface area contributed by atoms with E-state index in [1.165, 1.54) is 5.56 Å². The Labute approximate surface area is 129 Å². The smallest absolute Gasteiger partial charge is 0.134 e. The highest BCUT2D eigenvalue weighted by Gasteiger charge is 2.25. The van der Waals surface area contributed by atoms with E-state index in [0.29, 0.717) is 12.5 Å². The van der Waals surface area contributed by atoms with Crippen LogP contribution in [0.1, 0.15) is 47.8 Å². The van der Waals surface area contributed by atoms with Gasteiger partial charge in [0.1, 0.15) is 15.8 Å². The second kappa shape index (κ2) is 6.54. The van der Waals surface area contributed by atoms with E-state index < -0.39 is 0 Å². The molecule has 0 saturated carbocycles. The zero-order valence-corrected chi connectivity index (χ0v) is 13.3. The Morgan fingerprint density at radius 3 is 3.10 bits per heavy atom. The summed E-state index contributed by atoms with van der Waals surface area (Å²) in [4.78, 5) is 0. The van der Waals surface area contributed by atoms with Crippen LogP contribution in [-0.4, -0.2) is 23.3 Å². The average molecular weight is 303 g/mol. The molecule has 3 rings (SSSR count). The summed E-state index contributed by atoms with van der Waals surface area (Å²) in [7, 11) is 0. The molecule has 1 aromatic heterocycles. The van der Waals surface area contributed by atoms with Gasteiger partial charge >= 0.3 is 0 Å². The van der Waals surface area contributed by atoms with Crippen LogP contribution < -0.4 is 10.1 Å². The lowest BCUT2D eigenvalue weighted by atomic mass is 9.97. The van der Waals surface area contributed by atoms with Crippen molar-refractivity contribution in [2.45, 2.75) is 38.6 Å². The van der Waals surface area contributed by atoms with E-state index in [9.17, 15) is 0 Å². The molecule has 2 atom stereocenters. The lowest BCUT2D eigenvalue weighted by molar-refractivity contribution is 0.262. The van der Waals surface area contributed by atoms with E-state index in [2.05, 4.69) is 41.5 Å².